The average molecular weight is 388 g/mol. The second-order valence-corrected chi connectivity index (χ2v) is 6.95. The standard InChI is InChI=1S/C20H22ClN3O3/c1-12(2)17(22-18(25)15-6-4-5-13(3)11-15)20(27)24-23-19(26)14-7-9-16(21)10-8-14/h4-12,17H,1-3H3,(H,22,25)(H,23,26)(H,24,27). The van der Waals surface area contributed by atoms with Crippen LogP contribution in [0.15, 0.2) is 48.5 Å². The molecule has 0 bridgehead atoms. The van der Waals surface area contributed by atoms with Crippen LogP contribution in [0.4, 0.5) is 0 Å². The van der Waals surface area contributed by atoms with E-state index in [1.54, 1.807) is 42.5 Å². The third-order valence-electron chi connectivity index (χ3n) is 3.92. The van der Waals surface area contributed by atoms with Gasteiger partial charge in [-0.15, -0.1) is 0 Å². The van der Waals surface area contributed by atoms with Crippen molar-refractivity contribution in [3.63, 3.8) is 0 Å². The molecule has 0 aromatic heterocycles. The van der Waals surface area contributed by atoms with Gasteiger partial charge in [-0.1, -0.05) is 43.1 Å². The van der Waals surface area contributed by atoms with Crippen molar-refractivity contribution in [3.05, 3.63) is 70.2 Å². The minimum Gasteiger partial charge on any atom is -0.340 e. The molecule has 0 aliphatic rings. The molecule has 0 fully saturated rings. The maximum absolute atomic E-state index is 12.4. The van der Waals surface area contributed by atoms with E-state index in [4.69, 9.17) is 11.6 Å². The Hall–Kier alpha value is -2.86. The molecule has 27 heavy (non-hydrogen) atoms. The molecule has 2 rings (SSSR count). The normalized spacial score (nSPS) is 11.6. The molecule has 1 atom stereocenters. The molecule has 0 saturated carbocycles. The van der Waals surface area contributed by atoms with Gasteiger partial charge in [0.25, 0.3) is 17.7 Å². The van der Waals surface area contributed by atoms with E-state index in [1.165, 1.54) is 0 Å². The number of hydrogen-bond donors (Lipinski definition) is 3. The second kappa shape index (κ2) is 9.19. The zero-order chi connectivity index (χ0) is 20.0. The Morgan fingerprint density at radius 1 is 0.889 bits per heavy atom. The van der Waals surface area contributed by atoms with Crippen LogP contribution in [0, 0.1) is 12.8 Å². The first-order chi connectivity index (χ1) is 12.8. The molecule has 2 aromatic rings. The SMILES string of the molecule is Cc1cccc(C(=O)NC(C(=O)NNC(=O)c2ccc(Cl)cc2)C(C)C)c1. The van der Waals surface area contributed by atoms with E-state index < -0.39 is 17.9 Å². The van der Waals surface area contributed by atoms with Crippen LogP contribution in [0.1, 0.15) is 40.1 Å². The fraction of sp³-hybridized carbons (Fsp3) is 0.250. The zero-order valence-corrected chi connectivity index (χ0v) is 16.1. The highest BCUT2D eigenvalue weighted by molar-refractivity contribution is 6.30. The summed E-state index contributed by atoms with van der Waals surface area (Å²) in [5.74, 6) is -1.51. The first-order valence-corrected chi connectivity index (χ1v) is 8.89. The maximum atomic E-state index is 12.4. The Morgan fingerprint density at radius 3 is 2.15 bits per heavy atom. The number of amides is 3. The summed E-state index contributed by atoms with van der Waals surface area (Å²) < 4.78 is 0. The summed E-state index contributed by atoms with van der Waals surface area (Å²) in [6.07, 6.45) is 0. The van der Waals surface area contributed by atoms with Crippen LogP contribution in [0.5, 0.6) is 0 Å². The van der Waals surface area contributed by atoms with Crippen molar-refractivity contribution in [3.8, 4) is 0 Å². The number of hydrazine groups is 1. The van der Waals surface area contributed by atoms with Gasteiger partial charge in [0.05, 0.1) is 0 Å². The van der Waals surface area contributed by atoms with E-state index >= 15 is 0 Å². The minimum atomic E-state index is -0.802. The Labute approximate surface area is 163 Å². The third kappa shape index (κ3) is 5.82. The molecule has 7 heteroatoms. The number of carbonyl (C=O) groups excluding carboxylic acids is 3. The second-order valence-electron chi connectivity index (χ2n) is 6.51. The lowest BCUT2D eigenvalue weighted by Crippen LogP contribution is -2.54. The molecule has 3 amide bonds. The lowest BCUT2D eigenvalue weighted by atomic mass is 10.0. The highest BCUT2D eigenvalue weighted by Crippen LogP contribution is 2.09. The summed E-state index contributed by atoms with van der Waals surface area (Å²) in [6.45, 7) is 5.50. The van der Waals surface area contributed by atoms with Crippen LogP contribution in [-0.4, -0.2) is 23.8 Å². The summed E-state index contributed by atoms with van der Waals surface area (Å²) in [5.41, 5.74) is 6.47. The number of benzene rings is 2. The summed E-state index contributed by atoms with van der Waals surface area (Å²) in [4.78, 5) is 36.9. The molecule has 0 saturated heterocycles. The molecule has 142 valence electrons. The third-order valence-corrected chi connectivity index (χ3v) is 4.17. The van der Waals surface area contributed by atoms with Crippen LogP contribution in [0.3, 0.4) is 0 Å². The highest BCUT2D eigenvalue weighted by atomic mass is 35.5. The number of hydrogen-bond acceptors (Lipinski definition) is 3. The number of rotatable bonds is 5. The van der Waals surface area contributed by atoms with Gasteiger partial charge in [-0.2, -0.15) is 0 Å². The van der Waals surface area contributed by atoms with Crippen LogP contribution in [-0.2, 0) is 4.79 Å². The first-order valence-electron chi connectivity index (χ1n) is 8.51. The fourth-order valence-electron chi connectivity index (χ4n) is 2.42. The number of halogens is 1. The van der Waals surface area contributed by atoms with Gasteiger partial charge in [-0.05, 0) is 49.2 Å². The Balaban J connectivity index is 1.99. The fourth-order valence-corrected chi connectivity index (χ4v) is 2.54. The van der Waals surface area contributed by atoms with E-state index in [0.717, 1.165) is 5.56 Å². The smallest absolute Gasteiger partial charge is 0.269 e. The number of carbonyl (C=O) groups is 3. The van der Waals surface area contributed by atoms with E-state index in [9.17, 15) is 14.4 Å². The highest BCUT2D eigenvalue weighted by Gasteiger charge is 2.25. The molecule has 0 radical (unpaired) electrons. The molecule has 1 unspecified atom stereocenters. The zero-order valence-electron chi connectivity index (χ0n) is 15.4. The molecule has 0 aliphatic heterocycles. The molecular formula is C20H22ClN3O3. The molecule has 2 aromatic carbocycles. The van der Waals surface area contributed by atoms with Gasteiger partial charge < -0.3 is 5.32 Å². The Bertz CT molecular complexity index is 835. The molecule has 0 aliphatic carbocycles. The van der Waals surface area contributed by atoms with Gasteiger partial charge in [0.1, 0.15) is 6.04 Å². The topological polar surface area (TPSA) is 87.3 Å². The summed E-state index contributed by atoms with van der Waals surface area (Å²) in [5, 5.41) is 3.22. The first kappa shape index (κ1) is 20.5. The van der Waals surface area contributed by atoms with Crippen LogP contribution in [0.2, 0.25) is 5.02 Å². The van der Waals surface area contributed by atoms with Crippen molar-refractivity contribution in [2.75, 3.05) is 0 Å². The van der Waals surface area contributed by atoms with Crippen molar-refractivity contribution in [1.82, 2.24) is 16.2 Å². The van der Waals surface area contributed by atoms with Crippen LogP contribution in [0.25, 0.3) is 0 Å². The van der Waals surface area contributed by atoms with Gasteiger partial charge in [0, 0.05) is 16.1 Å². The van der Waals surface area contributed by atoms with Crippen molar-refractivity contribution in [1.29, 1.82) is 0 Å². The predicted molar refractivity (Wildman–Crippen MR) is 104 cm³/mol. The molecule has 0 spiro atoms. The minimum absolute atomic E-state index is 0.175. The average Bonchev–Trinajstić information content (AvgIpc) is 2.64. The van der Waals surface area contributed by atoms with Gasteiger partial charge >= 0.3 is 0 Å². The largest absolute Gasteiger partial charge is 0.340 e. The van der Waals surface area contributed by atoms with Crippen molar-refractivity contribution < 1.29 is 14.4 Å². The van der Waals surface area contributed by atoms with Gasteiger partial charge in [-0.3, -0.25) is 25.2 Å². The van der Waals surface area contributed by atoms with E-state index in [2.05, 4.69) is 16.2 Å². The van der Waals surface area contributed by atoms with Crippen molar-refractivity contribution in [2.45, 2.75) is 26.8 Å². The lowest BCUT2D eigenvalue weighted by molar-refractivity contribution is -0.124. The van der Waals surface area contributed by atoms with Gasteiger partial charge in [-0.25, -0.2) is 0 Å². The Morgan fingerprint density at radius 2 is 1.56 bits per heavy atom. The molecule has 0 heterocycles. The van der Waals surface area contributed by atoms with E-state index in [1.807, 2.05) is 26.8 Å². The van der Waals surface area contributed by atoms with Crippen molar-refractivity contribution in [2.24, 2.45) is 5.92 Å². The van der Waals surface area contributed by atoms with Crippen LogP contribution >= 0.6 is 11.6 Å². The summed E-state index contributed by atoms with van der Waals surface area (Å²) >= 11 is 5.79. The summed E-state index contributed by atoms with van der Waals surface area (Å²) in [7, 11) is 0. The molecular weight excluding hydrogens is 366 g/mol. The number of aryl methyl sites for hydroxylation is 1. The maximum Gasteiger partial charge on any atom is 0.269 e. The van der Waals surface area contributed by atoms with Gasteiger partial charge in [0.2, 0.25) is 0 Å². The quantitative estimate of drug-likeness (QED) is 0.689. The molecule has 6 nitrogen and oxygen atoms in total. The lowest BCUT2D eigenvalue weighted by Gasteiger charge is -2.22. The van der Waals surface area contributed by atoms with Crippen molar-refractivity contribution >= 4 is 29.3 Å². The predicted octanol–water partition coefficient (Wildman–Crippen LogP) is 2.86. The summed E-state index contributed by atoms with van der Waals surface area (Å²) in [6, 6.07) is 12.5. The van der Waals surface area contributed by atoms with Gasteiger partial charge in [0.15, 0.2) is 0 Å². The molecule has 3 N–H and O–H groups in total. The number of nitrogens with one attached hydrogen (secondary N) is 3. The van der Waals surface area contributed by atoms with Crippen LogP contribution < -0.4 is 16.2 Å². The Kier molecular flexibility index (Phi) is 6.96. The van der Waals surface area contributed by atoms with E-state index in [0.29, 0.717) is 16.1 Å². The van der Waals surface area contributed by atoms with E-state index in [-0.39, 0.29) is 11.8 Å². The monoisotopic (exact) mass is 387 g/mol.